The van der Waals surface area contributed by atoms with Crippen LogP contribution in [0.2, 0.25) is 0 Å². The molecule has 2 rings (SSSR count). The molecule has 2 N–H and O–H groups in total. The second-order valence-corrected chi connectivity index (χ2v) is 4.21. The number of methoxy groups -OCH3 is 1. The lowest BCUT2D eigenvalue weighted by atomic mass is 9.98. The van der Waals surface area contributed by atoms with Crippen LogP contribution in [0.15, 0.2) is 36.4 Å². The molecule has 0 heterocycles. The Balaban J connectivity index is 2.56. The van der Waals surface area contributed by atoms with Gasteiger partial charge in [-0.2, -0.15) is 0 Å². The molecular formula is C15H14FNO2. The SMILES string of the molecule is COc1ccc(F)cc1C(=O)c1cccc(C)c1N. The summed E-state index contributed by atoms with van der Waals surface area (Å²) in [7, 11) is 1.43. The van der Waals surface area contributed by atoms with Gasteiger partial charge in [0, 0.05) is 11.3 Å². The fourth-order valence-electron chi connectivity index (χ4n) is 1.88. The zero-order valence-corrected chi connectivity index (χ0v) is 10.7. The molecule has 0 amide bonds. The van der Waals surface area contributed by atoms with Crippen LogP contribution < -0.4 is 10.5 Å². The summed E-state index contributed by atoms with van der Waals surface area (Å²) in [6.07, 6.45) is 0. The number of ketones is 1. The number of carbonyl (C=O) groups is 1. The second kappa shape index (κ2) is 5.10. The number of ether oxygens (including phenoxy) is 1. The van der Waals surface area contributed by atoms with E-state index in [2.05, 4.69) is 0 Å². The van der Waals surface area contributed by atoms with Gasteiger partial charge in [0.15, 0.2) is 5.78 Å². The van der Waals surface area contributed by atoms with Gasteiger partial charge in [-0.15, -0.1) is 0 Å². The van der Waals surface area contributed by atoms with Gasteiger partial charge in [0.05, 0.1) is 12.7 Å². The molecule has 98 valence electrons. The van der Waals surface area contributed by atoms with E-state index in [0.29, 0.717) is 17.0 Å². The average molecular weight is 259 g/mol. The van der Waals surface area contributed by atoms with Gasteiger partial charge in [0.2, 0.25) is 0 Å². The lowest BCUT2D eigenvalue weighted by molar-refractivity contribution is 0.103. The van der Waals surface area contributed by atoms with Crippen LogP contribution in [0, 0.1) is 12.7 Å². The molecule has 0 aliphatic carbocycles. The minimum Gasteiger partial charge on any atom is -0.496 e. The fraction of sp³-hybridized carbons (Fsp3) is 0.133. The highest BCUT2D eigenvalue weighted by molar-refractivity contribution is 6.13. The monoisotopic (exact) mass is 259 g/mol. The normalized spacial score (nSPS) is 10.3. The standard InChI is InChI=1S/C15H14FNO2/c1-9-4-3-5-11(14(9)17)15(18)12-8-10(16)6-7-13(12)19-2/h3-8H,17H2,1-2H3. The first kappa shape index (κ1) is 13.1. The largest absolute Gasteiger partial charge is 0.496 e. The number of anilines is 1. The maximum Gasteiger partial charge on any atom is 0.198 e. The van der Waals surface area contributed by atoms with Crippen molar-refractivity contribution in [3.05, 3.63) is 58.9 Å². The number of halogens is 1. The second-order valence-electron chi connectivity index (χ2n) is 4.21. The minimum atomic E-state index is -0.490. The van der Waals surface area contributed by atoms with Gasteiger partial charge >= 0.3 is 0 Å². The van der Waals surface area contributed by atoms with Gasteiger partial charge in [-0.05, 0) is 36.8 Å². The van der Waals surface area contributed by atoms with E-state index < -0.39 is 5.82 Å². The summed E-state index contributed by atoms with van der Waals surface area (Å²) in [6, 6.07) is 9.00. The molecule has 3 nitrogen and oxygen atoms in total. The summed E-state index contributed by atoms with van der Waals surface area (Å²) in [4.78, 5) is 12.4. The van der Waals surface area contributed by atoms with Gasteiger partial charge in [0.1, 0.15) is 11.6 Å². The van der Waals surface area contributed by atoms with Gasteiger partial charge < -0.3 is 10.5 Å². The first-order valence-electron chi connectivity index (χ1n) is 5.78. The van der Waals surface area contributed by atoms with E-state index >= 15 is 0 Å². The fourth-order valence-corrected chi connectivity index (χ4v) is 1.88. The molecule has 0 fully saturated rings. The molecule has 0 saturated heterocycles. The van der Waals surface area contributed by atoms with Gasteiger partial charge in [-0.1, -0.05) is 12.1 Å². The van der Waals surface area contributed by atoms with Crippen LogP contribution in [-0.2, 0) is 0 Å². The van der Waals surface area contributed by atoms with Gasteiger partial charge in [0.25, 0.3) is 0 Å². The molecule has 19 heavy (non-hydrogen) atoms. The molecule has 0 unspecified atom stereocenters. The summed E-state index contributed by atoms with van der Waals surface area (Å²) < 4.78 is 18.4. The molecule has 0 atom stereocenters. The van der Waals surface area contributed by atoms with E-state index in [0.717, 1.165) is 11.6 Å². The Morgan fingerprint density at radius 3 is 2.63 bits per heavy atom. The molecule has 0 radical (unpaired) electrons. The van der Waals surface area contributed by atoms with E-state index in [9.17, 15) is 9.18 Å². The Hall–Kier alpha value is -2.36. The number of hydrogen-bond donors (Lipinski definition) is 1. The number of benzene rings is 2. The lowest BCUT2D eigenvalue weighted by Crippen LogP contribution is -2.08. The highest BCUT2D eigenvalue weighted by Crippen LogP contribution is 2.26. The summed E-state index contributed by atoms with van der Waals surface area (Å²) >= 11 is 0. The minimum absolute atomic E-state index is 0.166. The predicted molar refractivity (Wildman–Crippen MR) is 72.0 cm³/mol. The average Bonchev–Trinajstić information content (AvgIpc) is 2.41. The number of aryl methyl sites for hydroxylation is 1. The highest BCUT2D eigenvalue weighted by Gasteiger charge is 2.18. The van der Waals surface area contributed by atoms with Gasteiger partial charge in [-0.3, -0.25) is 4.79 Å². The van der Waals surface area contributed by atoms with Crippen LogP contribution in [0.4, 0.5) is 10.1 Å². The number of carbonyl (C=O) groups excluding carboxylic acids is 1. The Bertz CT molecular complexity index is 638. The number of nitrogens with two attached hydrogens (primary N) is 1. The molecule has 0 aliphatic heterocycles. The maximum atomic E-state index is 13.3. The van der Waals surface area contributed by atoms with E-state index in [1.165, 1.54) is 19.2 Å². The molecule has 0 spiro atoms. The predicted octanol–water partition coefficient (Wildman–Crippen LogP) is 2.96. The summed E-state index contributed by atoms with van der Waals surface area (Å²) in [6.45, 7) is 1.81. The Morgan fingerprint density at radius 2 is 1.95 bits per heavy atom. The number of hydrogen-bond acceptors (Lipinski definition) is 3. The van der Waals surface area contributed by atoms with Crippen LogP contribution in [0.3, 0.4) is 0 Å². The molecular weight excluding hydrogens is 245 g/mol. The zero-order chi connectivity index (χ0) is 14.0. The molecule has 0 saturated carbocycles. The summed E-state index contributed by atoms with van der Waals surface area (Å²) in [5.74, 6) is -0.514. The smallest absolute Gasteiger partial charge is 0.198 e. The molecule has 0 aromatic heterocycles. The van der Waals surface area contributed by atoms with E-state index in [-0.39, 0.29) is 11.3 Å². The van der Waals surface area contributed by atoms with E-state index in [1.807, 2.05) is 13.0 Å². The van der Waals surface area contributed by atoms with Crippen LogP contribution in [-0.4, -0.2) is 12.9 Å². The van der Waals surface area contributed by atoms with Crippen molar-refractivity contribution in [1.29, 1.82) is 0 Å². The Kier molecular flexibility index (Phi) is 3.51. The van der Waals surface area contributed by atoms with Crippen molar-refractivity contribution < 1.29 is 13.9 Å². The lowest BCUT2D eigenvalue weighted by Gasteiger charge is -2.10. The Labute approximate surface area is 110 Å². The van der Waals surface area contributed by atoms with Crippen molar-refractivity contribution in [3.8, 4) is 5.75 Å². The molecule has 2 aromatic carbocycles. The van der Waals surface area contributed by atoms with Crippen molar-refractivity contribution in [3.63, 3.8) is 0 Å². The van der Waals surface area contributed by atoms with E-state index in [4.69, 9.17) is 10.5 Å². The quantitative estimate of drug-likeness (QED) is 0.681. The van der Waals surface area contributed by atoms with Crippen molar-refractivity contribution in [1.82, 2.24) is 0 Å². The molecule has 4 heteroatoms. The van der Waals surface area contributed by atoms with Crippen LogP contribution >= 0.6 is 0 Å². The molecule has 0 bridgehead atoms. The summed E-state index contributed by atoms with van der Waals surface area (Å²) in [5.41, 5.74) is 7.62. The van der Waals surface area contributed by atoms with Crippen molar-refractivity contribution in [2.24, 2.45) is 0 Å². The topological polar surface area (TPSA) is 52.3 Å². The third-order valence-corrected chi connectivity index (χ3v) is 2.97. The number of para-hydroxylation sites is 1. The number of rotatable bonds is 3. The van der Waals surface area contributed by atoms with Crippen molar-refractivity contribution in [2.75, 3.05) is 12.8 Å². The first-order chi connectivity index (χ1) is 9.04. The third-order valence-electron chi connectivity index (χ3n) is 2.97. The third kappa shape index (κ3) is 2.42. The van der Waals surface area contributed by atoms with Gasteiger partial charge in [-0.25, -0.2) is 4.39 Å². The van der Waals surface area contributed by atoms with Crippen LogP contribution in [0.1, 0.15) is 21.5 Å². The van der Waals surface area contributed by atoms with Crippen LogP contribution in [0.5, 0.6) is 5.75 Å². The van der Waals surface area contributed by atoms with E-state index in [1.54, 1.807) is 12.1 Å². The summed E-state index contributed by atoms with van der Waals surface area (Å²) in [5, 5.41) is 0. The molecule has 0 aliphatic rings. The number of nitrogen functional groups attached to an aromatic ring is 1. The van der Waals surface area contributed by atoms with Crippen molar-refractivity contribution in [2.45, 2.75) is 6.92 Å². The zero-order valence-electron chi connectivity index (χ0n) is 10.7. The Morgan fingerprint density at radius 1 is 1.21 bits per heavy atom. The van der Waals surface area contributed by atoms with Crippen LogP contribution in [0.25, 0.3) is 0 Å². The molecule has 2 aromatic rings. The van der Waals surface area contributed by atoms with Crippen molar-refractivity contribution >= 4 is 11.5 Å². The highest BCUT2D eigenvalue weighted by atomic mass is 19.1. The maximum absolute atomic E-state index is 13.3. The first-order valence-corrected chi connectivity index (χ1v) is 5.78.